The van der Waals surface area contributed by atoms with E-state index in [1.807, 2.05) is 6.92 Å². The van der Waals surface area contributed by atoms with Crippen LogP contribution in [0.1, 0.15) is 74.9 Å². The number of amides is 1. The van der Waals surface area contributed by atoms with Gasteiger partial charge in [0.2, 0.25) is 17.6 Å². The summed E-state index contributed by atoms with van der Waals surface area (Å²) in [7, 11) is 0. The standard InChI is InChI=1S/C19H28N4O4/c1-18(8-9-18)17-22-21-16(27-17)15(26)13-5-4-10-23(13)14(25)11-20-19(12-24)6-2-3-7-19/h13,20,24H,2-12H2,1H3. The number of nitrogens with zero attached hydrogens (tertiary/aromatic N) is 3. The van der Waals surface area contributed by atoms with Gasteiger partial charge in [-0.25, -0.2) is 0 Å². The van der Waals surface area contributed by atoms with E-state index in [-0.39, 0.29) is 41.7 Å². The number of rotatable bonds is 7. The second-order valence-corrected chi connectivity index (χ2v) is 8.58. The van der Waals surface area contributed by atoms with Crippen LogP contribution >= 0.6 is 0 Å². The highest BCUT2D eigenvalue weighted by molar-refractivity contribution is 5.99. The Morgan fingerprint density at radius 2 is 1.96 bits per heavy atom. The largest absolute Gasteiger partial charge is 0.418 e. The van der Waals surface area contributed by atoms with Crippen LogP contribution in [-0.4, -0.2) is 63.2 Å². The van der Waals surface area contributed by atoms with E-state index in [1.165, 1.54) is 0 Å². The molecular weight excluding hydrogens is 348 g/mol. The molecule has 148 valence electrons. The molecule has 4 rings (SSSR count). The molecule has 1 aliphatic heterocycles. The highest BCUT2D eigenvalue weighted by Crippen LogP contribution is 2.46. The molecule has 1 aromatic heterocycles. The summed E-state index contributed by atoms with van der Waals surface area (Å²) in [6.45, 7) is 2.78. The average Bonchev–Trinajstić information content (AvgIpc) is 3.19. The lowest BCUT2D eigenvalue weighted by Crippen LogP contribution is -2.52. The summed E-state index contributed by atoms with van der Waals surface area (Å²) in [6, 6.07) is -0.534. The molecule has 8 nitrogen and oxygen atoms in total. The fraction of sp³-hybridized carbons (Fsp3) is 0.789. The smallest absolute Gasteiger partial charge is 0.286 e. The van der Waals surface area contributed by atoms with Crippen molar-refractivity contribution in [3.63, 3.8) is 0 Å². The first-order valence-corrected chi connectivity index (χ1v) is 10.00. The number of aliphatic hydroxyl groups excluding tert-OH is 1. The van der Waals surface area contributed by atoms with Gasteiger partial charge in [-0.15, -0.1) is 10.2 Å². The number of hydrogen-bond donors (Lipinski definition) is 2. The van der Waals surface area contributed by atoms with E-state index >= 15 is 0 Å². The summed E-state index contributed by atoms with van der Waals surface area (Å²) < 4.78 is 5.63. The lowest BCUT2D eigenvalue weighted by atomic mass is 9.99. The van der Waals surface area contributed by atoms with Crippen LogP contribution in [0.5, 0.6) is 0 Å². The fourth-order valence-electron chi connectivity index (χ4n) is 4.26. The molecule has 0 spiro atoms. The van der Waals surface area contributed by atoms with Crippen LogP contribution in [0.2, 0.25) is 0 Å². The number of nitrogens with one attached hydrogen (secondary N) is 1. The van der Waals surface area contributed by atoms with Crippen molar-refractivity contribution in [2.45, 2.75) is 75.3 Å². The van der Waals surface area contributed by atoms with Gasteiger partial charge in [-0.1, -0.05) is 19.8 Å². The fourth-order valence-corrected chi connectivity index (χ4v) is 4.26. The van der Waals surface area contributed by atoms with E-state index in [0.717, 1.165) is 44.9 Å². The number of Topliss-reactive ketones (excluding diaryl/α,β-unsaturated/α-hetero) is 1. The van der Waals surface area contributed by atoms with Crippen molar-refractivity contribution < 1.29 is 19.1 Å². The van der Waals surface area contributed by atoms with E-state index in [9.17, 15) is 14.7 Å². The Morgan fingerprint density at radius 1 is 1.22 bits per heavy atom. The molecule has 1 unspecified atom stereocenters. The number of likely N-dealkylation sites (tertiary alicyclic amines) is 1. The Labute approximate surface area is 158 Å². The van der Waals surface area contributed by atoms with Gasteiger partial charge in [0.25, 0.3) is 5.89 Å². The maximum atomic E-state index is 12.9. The molecule has 27 heavy (non-hydrogen) atoms. The topological polar surface area (TPSA) is 109 Å². The van der Waals surface area contributed by atoms with Gasteiger partial charge < -0.3 is 19.7 Å². The predicted octanol–water partition coefficient (Wildman–Crippen LogP) is 1.19. The third-order valence-corrected chi connectivity index (χ3v) is 6.51. The molecule has 2 heterocycles. The first-order chi connectivity index (χ1) is 13.0. The molecule has 1 atom stereocenters. The molecule has 2 aliphatic carbocycles. The maximum Gasteiger partial charge on any atom is 0.286 e. The Balaban J connectivity index is 1.40. The van der Waals surface area contributed by atoms with Crippen molar-refractivity contribution in [2.24, 2.45) is 0 Å². The zero-order chi connectivity index (χ0) is 19.1. The molecule has 8 heteroatoms. The minimum atomic E-state index is -0.534. The summed E-state index contributed by atoms with van der Waals surface area (Å²) in [4.78, 5) is 27.2. The Hall–Kier alpha value is -1.80. The number of ketones is 1. The summed E-state index contributed by atoms with van der Waals surface area (Å²) in [5, 5.41) is 20.9. The van der Waals surface area contributed by atoms with E-state index in [2.05, 4.69) is 15.5 Å². The van der Waals surface area contributed by atoms with Gasteiger partial charge in [0.1, 0.15) is 6.04 Å². The molecule has 2 saturated carbocycles. The van der Waals surface area contributed by atoms with Gasteiger partial charge in [-0.3, -0.25) is 9.59 Å². The first-order valence-electron chi connectivity index (χ1n) is 10.00. The van der Waals surface area contributed by atoms with Gasteiger partial charge in [-0.05, 0) is 38.5 Å². The molecule has 1 aromatic rings. The third-order valence-electron chi connectivity index (χ3n) is 6.51. The lowest BCUT2D eigenvalue weighted by molar-refractivity contribution is -0.130. The van der Waals surface area contributed by atoms with Crippen LogP contribution in [0.3, 0.4) is 0 Å². The molecular formula is C19H28N4O4. The minimum absolute atomic E-state index is 0.0124. The van der Waals surface area contributed by atoms with Crippen LogP contribution in [-0.2, 0) is 10.2 Å². The van der Waals surface area contributed by atoms with Gasteiger partial charge in [0.15, 0.2) is 0 Å². The number of carbonyl (C=O) groups is 2. The summed E-state index contributed by atoms with van der Waals surface area (Å²) in [5.74, 6) is 0.161. The summed E-state index contributed by atoms with van der Waals surface area (Å²) >= 11 is 0. The van der Waals surface area contributed by atoms with Crippen LogP contribution < -0.4 is 5.32 Å². The van der Waals surface area contributed by atoms with Crippen molar-refractivity contribution in [3.05, 3.63) is 11.8 Å². The molecule has 3 fully saturated rings. The van der Waals surface area contributed by atoms with Gasteiger partial charge >= 0.3 is 0 Å². The highest BCUT2D eigenvalue weighted by Gasteiger charge is 2.45. The van der Waals surface area contributed by atoms with Crippen LogP contribution in [0.25, 0.3) is 0 Å². The maximum absolute atomic E-state index is 12.9. The first kappa shape index (κ1) is 18.6. The second-order valence-electron chi connectivity index (χ2n) is 8.58. The van der Waals surface area contributed by atoms with Crippen LogP contribution in [0.15, 0.2) is 4.42 Å². The van der Waals surface area contributed by atoms with E-state index in [0.29, 0.717) is 18.9 Å². The molecule has 0 aromatic carbocycles. The second kappa shape index (κ2) is 6.98. The number of hydrogen-bond acceptors (Lipinski definition) is 7. The van der Waals surface area contributed by atoms with Crippen LogP contribution in [0.4, 0.5) is 0 Å². The van der Waals surface area contributed by atoms with Crippen molar-refractivity contribution in [2.75, 3.05) is 19.7 Å². The van der Waals surface area contributed by atoms with E-state index in [1.54, 1.807) is 4.90 Å². The molecule has 3 aliphatic rings. The molecule has 1 saturated heterocycles. The summed E-state index contributed by atoms with van der Waals surface area (Å²) in [6.07, 6.45) is 7.27. The molecule has 0 bridgehead atoms. The Bertz CT molecular complexity index is 721. The van der Waals surface area contributed by atoms with E-state index < -0.39 is 6.04 Å². The number of carbonyl (C=O) groups excluding carboxylic acids is 2. The van der Waals surface area contributed by atoms with E-state index in [4.69, 9.17) is 4.42 Å². The average molecular weight is 376 g/mol. The monoisotopic (exact) mass is 376 g/mol. The van der Waals surface area contributed by atoms with Crippen molar-refractivity contribution >= 4 is 11.7 Å². The number of aromatic nitrogens is 2. The molecule has 0 radical (unpaired) electrons. The van der Waals surface area contributed by atoms with Crippen molar-refractivity contribution in [1.82, 2.24) is 20.4 Å². The summed E-state index contributed by atoms with van der Waals surface area (Å²) in [5.41, 5.74) is -0.434. The zero-order valence-electron chi connectivity index (χ0n) is 15.9. The Morgan fingerprint density at radius 3 is 2.63 bits per heavy atom. The molecule has 1 amide bonds. The normalized spacial score (nSPS) is 25.7. The number of aliphatic hydroxyl groups is 1. The minimum Gasteiger partial charge on any atom is -0.418 e. The van der Waals surface area contributed by atoms with Crippen molar-refractivity contribution in [1.29, 1.82) is 0 Å². The van der Waals surface area contributed by atoms with Gasteiger partial charge in [-0.2, -0.15) is 0 Å². The molecule has 2 N–H and O–H groups in total. The third kappa shape index (κ3) is 3.52. The zero-order valence-corrected chi connectivity index (χ0v) is 15.9. The lowest BCUT2D eigenvalue weighted by Gasteiger charge is -2.30. The van der Waals surface area contributed by atoms with Crippen molar-refractivity contribution in [3.8, 4) is 0 Å². The quantitative estimate of drug-likeness (QED) is 0.688. The van der Waals surface area contributed by atoms with Gasteiger partial charge in [0.05, 0.1) is 13.2 Å². The predicted molar refractivity (Wildman–Crippen MR) is 96.2 cm³/mol. The van der Waals surface area contributed by atoms with Crippen LogP contribution in [0, 0.1) is 0 Å². The highest BCUT2D eigenvalue weighted by atomic mass is 16.4. The van der Waals surface area contributed by atoms with Gasteiger partial charge in [0, 0.05) is 17.5 Å². The SMILES string of the molecule is CC1(c2nnc(C(=O)C3CCCN3C(=O)CNC3(CO)CCCC3)o2)CC1. The Kier molecular flexibility index (Phi) is 4.80.